The molecule has 6 nitrogen and oxygen atoms in total. The van der Waals surface area contributed by atoms with Crippen LogP contribution in [0.4, 0.5) is 11.4 Å². The van der Waals surface area contributed by atoms with Crippen LogP contribution in [0.15, 0.2) is 12.1 Å². The number of anilines is 1. The topological polar surface area (TPSA) is 92.5 Å². The lowest BCUT2D eigenvalue weighted by Gasteiger charge is -2.28. The van der Waals surface area contributed by atoms with Crippen molar-refractivity contribution in [3.8, 4) is 0 Å². The monoisotopic (exact) mass is 280 g/mol. The van der Waals surface area contributed by atoms with Crippen LogP contribution in [-0.4, -0.2) is 21.5 Å². The Kier molecular flexibility index (Phi) is 4.70. The first-order chi connectivity index (χ1) is 9.18. The van der Waals surface area contributed by atoms with E-state index in [0.717, 1.165) is 18.9 Å². The second-order valence-corrected chi connectivity index (χ2v) is 5.49. The minimum atomic E-state index is -1.18. The van der Waals surface area contributed by atoms with Gasteiger partial charge < -0.3 is 10.4 Å². The van der Waals surface area contributed by atoms with Crippen LogP contribution in [0.3, 0.4) is 0 Å². The van der Waals surface area contributed by atoms with Crippen LogP contribution in [0.1, 0.15) is 49.5 Å². The van der Waals surface area contributed by atoms with Crippen LogP contribution >= 0.6 is 0 Å². The third-order valence-electron chi connectivity index (χ3n) is 3.17. The van der Waals surface area contributed by atoms with Gasteiger partial charge in [-0.15, -0.1) is 0 Å². The van der Waals surface area contributed by atoms with E-state index in [1.165, 1.54) is 6.07 Å². The maximum Gasteiger partial charge on any atom is 0.336 e. The molecular formula is C14H20N2O4. The number of benzene rings is 1. The minimum absolute atomic E-state index is 0.0860. The number of aromatic carboxylic acids is 1. The van der Waals surface area contributed by atoms with E-state index in [2.05, 4.69) is 5.32 Å². The summed E-state index contributed by atoms with van der Waals surface area (Å²) in [5, 5.41) is 23.3. The molecule has 0 unspecified atom stereocenters. The number of hydrogen-bond acceptors (Lipinski definition) is 4. The maximum atomic E-state index is 11.1. The lowest BCUT2D eigenvalue weighted by Crippen LogP contribution is -2.31. The quantitative estimate of drug-likeness (QED) is 0.613. The molecule has 0 fully saturated rings. The highest BCUT2D eigenvalue weighted by Gasteiger charge is 2.23. The number of carboxylic acid groups (broad SMARTS) is 1. The zero-order valence-electron chi connectivity index (χ0n) is 12.2. The highest BCUT2D eigenvalue weighted by Crippen LogP contribution is 2.30. The summed E-state index contributed by atoms with van der Waals surface area (Å²) in [6, 6.07) is 2.54. The van der Waals surface area contributed by atoms with Crippen molar-refractivity contribution < 1.29 is 14.8 Å². The molecule has 0 heterocycles. The number of hydrogen-bond donors (Lipinski definition) is 2. The highest BCUT2D eigenvalue weighted by molar-refractivity contribution is 5.90. The Morgan fingerprint density at radius 1 is 1.45 bits per heavy atom. The summed E-state index contributed by atoms with van der Waals surface area (Å²) in [6.45, 7) is 7.63. The Hall–Kier alpha value is -2.11. The Bertz CT molecular complexity index is 538. The van der Waals surface area contributed by atoms with Crippen molar-refractivity contribution in [2.75, 3.05) is 5.32 Å². The average molecular weight is 280 g/mol. The van der Waals surface area contributed by atoms with Crippen LogP contribution in [0, 0.1) is 17.0 Å². The molecule has 20 heavy (non-hydrogen) atoms. The lowest BCUT2D eigenvalue weighted by atomic mass is 9.97. The predicted molar refractivity (Wildman–Crippen MR) is 77.4 cm³/mol. The van der Waals surface area contributed by atoms with E-state index in [9.17, 15) is 14.9 Å². The van der Waals surface area contributed by atoms with Gasteiger partial charge in [0.2, 0.25) is 0 Å². The SMILES string of the molecule is CCCC(C)(C)Nc1cc(C(=O)O)cc([N+](=O)[O-])c1C. The van der Waals surface area contributed by atoms with E-state index in [-0.39, 0.29) is 16.8 Å². The first-order valence-corrected chi connectivity index (χ1v) is 6.48. The second-order valence-electron chi connectivity index (χ2n) is 5.49. The summed E-state index contributed by atoms with van der Waals surface area (Å²) >= 11 is 0. The summed E-state index contributed by atoms with van der Waals surface area (Å²) in [6.07, 6.45) is 1.83. The Labute approximate surface area is 118 Å². The first-order valence-electron chi connectivity index (χ1n) is 6.48. The van der Waals surface area contributed by atoms with Gasteiger partial charge in [-0.05, 0) is 33.3 Å². The van der Waals surface area contributed by atoms with Gasteiger partial charge >= 0.3 is 5.97 Å². The summed E-state index contributed by atoms with van der Waals surface area (Å²) in [7, 11) is 0. The Morgan fingerprint density at radius 3 is 2.50 bits per heavy atom. The highest BCUT2D eigenvalue weighted by atomic mass is 16.6. The smallest absolute Gasteiger partial charge is 0.336 e. The van der Waals surface area contributed by atoms with Gasteiger partial charge in [-0.3, -0.25) is 10.1 Å². The molecule has 0 amide bonds. The standard InChI is InChI=1S/C14H20N2O4/c1-5-6-14(3,4)15-11-7-10(13(17)18)8-12(9(11)2)16(19)20/h7-8,15H,5-6H2,1-4H3,(H,17,18). The molecule has 6 heteroatoms. The number of nitrogens with one attached hydrogen (secondary N) is 1. The number of carbonyl (C=O) groups is 1. The molecule has 0 aromatic heterocycles. The number of nitrogens with zero attached hydrogens (tertiary/aromatic N) is 1. The van der Waals surface area contributed by atoms with Crippen LogP contribution < -0.4 is 5.32 Å². The van der Waals surface area contributed by atoms with Crippen molar-refractivity contribution in [1.29, 1.82) is 0 Å². The summed E-state index contributed by atoms with van der Waals surface area (Å²) in [5.74, 6) is -1.18. The molecule has 0 aliphatic carbocycles. The molecule has 0 saturated heterocycles. The van der Waals surface area contributed by atoms with E-state index >= 15 is 0 Å². The van der Waals surface area contributed by atoms with E-state index in [1.807, 2.05) is 20.8 Å². The third-order valence-corrected chi connectivity index (χ3v) is 3.17. The van der Waals surface area contributed by atoms with E-state index < -0.39 is 10.9 Å². The van der Waals surface area contributed by atoms with Crippen LogP contribution in [-0.2, 0) is 0 Å². The second kappa shape index (κ2) is 5.90. The molecule has 0 spiro atoms. The Balaban J connectivity index is 3.31. The van der Waals surface area contributed by atoms with E-state index in [1.54, 1.807) is 6.92 Å². The van der Waals surface area contributed by atoms with Gasteiger partial charge in [0.15, 0.2) is 0 Å². The van der Waals surface area contributed by atoms with Gasteiger partial charge in [-0.25, -0.2) is 4.79 Å². The number of rotatable bonds is 6. The van der Waals surface area contributed by atoms with Gasteiger partial charge in [0.25, 0.3) is 5.69 Å². The molecular weight excluding hydrogens is 260 g/mol. The largest absolute Gasteiger partial charge is 0.478 e. The molecule has 0 aliphatic rings. The van der Waals surface area contributed by atoms with Crippen LogP contribution in [0.2, 0.25) is 0 Å². The van der Waals surface area contributed by atoms with Crippen molar-refractivity contribution in [2.24, 2.45) is 0 Å². The molecule has 0 radical (unpaired) electrons. The van der Waals surface area contributed by atoms with Gasteiger partial charge in [-0.1, -0.05) is 13.3 Å². The van der Waals surface area contributed by atoms with Crippen molar-refractivity contribution >= 4 is 17.3 Å². The number of nitro benzene ring substituents is 1. The van der Waals surface area contributed by atoms with Crippen molar-refractivity contribution in [3.63, 3.8) is 0 Å². The molecule has 110 valence electrons. The fraction of sp³-hybridized carbons (Fsp3) is 0.500. The third kappa shape index (κ3) is 3.69. The van der Waals surface area contributed by atoms with Gasteiger partial charge in [0, 0.05) is 22.9 Å². The number of nitro groups is 1. The molecule has 1 aromatic rings. The zero-order valence-corrected chi connectivity index (χ0v) is 12.2. The fourth-order valence-electron chi connectivity index (χ4n) is 2.19. The predicted octanol–water partition coefficient (Wildman–Crippen LogP) is 3.59. The van der Waals surface area contributed by atoms with Crippen molar-refractivity contribution in [2.45, 2.75) is 46.1 Å². The normalized spacial score (nSPS) is 11.2. The zero-order chi connectivity index (χ0) is 15.5. The van der Waals surface area contributed by atoms with E-state index in [4.69, 9.17) is 5.11 Å². The first kappa shape index (κ1) is 15.9. The average Bonchev–Trinajstić information content (AvgIpc) is 2.30. The molecule has 1 aromatic carbocycles. The Morgan fingerprint density at radius 2 is 2.05 bits per heavy atom. The van der Waals surface area contributed by atoms with Gasteiger partial charge in [0.05, 0.1) is 10.5 Å². The van der Waals surface area contributed by atoms with Gasteiger partial charge in [-0.2, -0.15) is 0 Å². The van der Waals surface area contributed by atoms with E-state index in [0.29, 0.717) is 11.3 Å². The van der Waals surface area contributed by atoms with Crippen LogP contribution in [0.25, 0.3) is 0 Å². The van der Waals surface area contributed by atoms with Crippen molar-refractivity contribution in [1.82, 2.24) is 0 Å². The molecule has 0 aliphatic heterocycles. The lowest BCUT2D eigenvalue weighted by molar-refractivity contribution is -0.385. The summed E-state index contributed by atoms with van der Waals surface area (Å²) in [5.41, 5.74) is 0.417. The van der Waals surface area contributed by atoms with Crippen LogP contribution in [0.5, 0.6) is 0 Å². The van der Waals surface area contributed by atoms with Gasteiger partial charge in [0.1, 0.15) is 0 Å². The molecule has 1 rings (SSSR count). The fourth-order valence-corrected chi connectivity index (χ4v) is 2.19. The molecule has 0 bridgehead atoms. The summed E-state index contributed by atoms with van der Waals surface area (Å²) < 4.78 is 0. The molecule has 2 N–H and O–H groups in total. The minimum Gasteiger partial charge on any atom is -0.478 e. The molecule has 0 atom stereocenters. The number of carboxylic acids is 1. The van der Waals surface area contributed by atoms with Crippen molar-refractivity contribution in [3.05, 3.63) is 33.4 Å². The maximum absolute atomic E-state index is 11.1. The summed E-state index contributed by atoms with van der Waals surface area (Å²) in [4.78, 5) is 21.5. The molecule has 0 saturated carbocycles.